The normalized spacial score (nSPS) is 20.2. The molecule has 3 nitrogen and oxygen atoms in total. The molecule has 1 atom stereocenters. The van der Waals surface area contributed by atoms with Gasteiger partial charge in [0.1, 0.15) is 5.75 Å². The maximum Gasteiger partial charge on any atom is 0.416 e. The zero-order valence-electron chi connectivity index (χ0n) is 14.8. The summed E-state index contributed by atoms with van der Waals surface area (Å²) < 4.78 is 44.4. The van der Waals surface area contributed by atoms with Gasteiger partial charge in [-0.1, -0.05) is 18.9 Å². The SMILES string of the molecule is COc1cc(C(F)(F)F)ccc1[C@H](C1CCCC1)N1CCNCC1.Cl.Cl. The van der Waals surface area contributed by atoms with Gasteiger partial charge in [-0.25, -0.2) is 0 Å². The molecule has 1 saturated heterocycles. The molecule has 1 N–H and O–H groups in total. The minimum absolute atomic E-state index is 0. The summed E-state index contributed by atoms with van der Waals surface area (Å²) in [5.41, 5.74) is 0.257. The van der Waals surface area contributed by atoms with Crippen molar-refractivity contribution in [3.63, 3.8) is 0 Å². The summed E-state index contributed by atoms with van der Waals surface area (Å²) in [6, 6.07) is 4.13. The minimum atomic E-state index is -4.34. The molecule has 2 aliphatic rings. The van der Waals surface area contributed by atoms with Crippen LogP contribution < -0.4 is 10.1 Å². The van der Waals surface area contributed by atoms with Crippen molar-refractivity contribution in [1.82, 2.24) is 10.2 Å². The molecule has 0 spiro atoms. The molecule has 3 rings (SSSR count). The fourth-order valence-electron chi connectivity index (χ4n) is 4.11. The lowest BCUT2D eigenvalue weighted by Crippen LogP contribution is -2.46. The lowest BCUT2D eigenvalue weighted by molar-refractivity contribution is -0.137. The van der Waals surface area contributed by atoms with E-state index in [-0.39, 0.29) is 30.9 Å². The van der Waals surface area contributed by atoms with E-state index in [4.69, 9.17) is 4.74 Å². The number of alkyl halides is 3. The summed E-state index contributed by atoms with van der Waals surface area (Å²) in [7, 11) is 1.46. The highest BCUT2D eigenvalue weighted by atomic mass is 35.5. The Kier molecular flexibility index (Phi) is 9.00. The van der Waals surface area contributed by atoms with Crippen LogP contribution in [-0.4, -0.2) is 38.2 Å². The van der Waals surface area contributed by atoms with E-state index in [0.29, 0.717) is 11.7 Å². The average molecular weight is 415 g/mol. The van der Waals surface area contributed by atoms with Crippen LogP contribution in [0.1, 0.15) is 42.9 Å². The lowest BCUT2D eigenvalue weighted by Gasteiger charge is -2.39. The lowest BCUT2D eigenvalue weighted by atomic mass is 9.88. The number of piperazine rings is 1. The fourth-order valence-corrected chi connectivity index (χ4v) is 4.11. The number of nitrogens with zero attached hydrogens (tertiary/aromatic N) is 1. The number of benzene rings is 1. The van der Waals surface area contributed by atoms with E-state index in [1.807, 2.05) is 0 Å². The summed E-state index contributed by atoms with van der Waals surface area (Å²) >= 11 is 0. The first-order valence-electron chi connectivity index (χ1n) is 8.70. The summed E-state index contributed by atoms with van der Waals surface area (Å²) in [5.74, 6) is 0.856. The van der Waals surface area contributed by atoms with Gasteiger partial charge in [-0.3, -0.25) is 4.90 Å². The van der Waals surface area contributed by atoms with E-state index in [0.717, 1.165) is 50.7 Å². The van der Waals surface area contributed by atoms with Crippen LogP contribution in [0, 0.1) is 5.92 Å². The molecular formula is C18H27Cl2F3N2O. The fraction of sp³-hybridized carbons (Fsp3) is 0.667. The smallest absolute Gasteiger partial charge is 0.416 e. The van der Waals surface area contributed by atoms with Crippen molar-refractivity contribution in [2.24, 2.45) is 5.92 Å². The molecule has 0 bridgehead atoms. The van der Waals surface area contributed by atoms with Crippen LogP contribution in [0.3, 0.4) is 0 Å². The quantitative estimate of drug-likeness (QED) is 0.772. The van der Waals surface area contributed by atoms with Crippen molar-refractivity contribution in [3.8, 4) is 5.75 Å². The molecule has 1 heterocycles. The first-order valence-corrected chi connectivity index (χ1v) is 8.70. The largest absolute Gasteiger partial charge is 0.496 e. The molecule has 26 heavy (non-hydrogen) atoms. The Bertz CT molecular complexity index is 560. The molecule has 2 fully saturated rings. The van der Waals surface area contributed by atoms with Crippen molar-refractivity contribution in [2.75, 3.05) is 33.3 Å². The monoisotopic (exact) mass is 414 g/mol. The van der Waals surface area contributed by atoms with Crippen LogP contribution in [-0.2, 0) is 6.18 Å². The van der Waals surface area contributed by atoms with Gasteiger partial charge in [0.25, 0.3) is 0 Å². The molecule has 8 heteroatoms. The maximum atomic E-state index is 13.0. The Morgan fingerprint density at radius 3 is 2.27 bits per heavy atom. The number of hydrogen-bond donors (Lipinski definition) is 1. The number of halogens is 5. The molecule has 0 aromatic heterocycles. The maximum absolute atomic E-state index is 13.0. The Morgan fingerprint density at radius 1 is 1.12 bits per heavy atom. The molecule has 1 saturated carbocycles. The van der Waals surface area contributed by atoms with Crippen LogP contribution in [0.2, 0.25) is 0 Å². The van der Waals surface area contributed by atoms with Gasteiger partial charge in [0.15, 0.2) is 0 Å². The third kappa shape index (κ3) is 5.18. The van der Waals surface area contributed by atoms with E-state index >= 15 is 0 Å². The number of hydrogen-bond acceptors (Lipinski definition) is 3. The van der Waals surface area contributed by atoms with Gasteiger partial charge in [0.05, 0.1) is 12.7 Å². The molecular weight excluding hydrogens is 388 g/mol. The van der Waals surface area contributed by atoms with Crippen molar-refractivity contribution >= 4 is 24.8 Å². The van der Waals surface area contributed by atoms with E-state index in [9.17, 15) is 13.2 Å². The predicted molar refractivity (Wildman–Crippen MR) is 102 cm³/mol. The zero-order chi connectivity index (χ0) is 17.2. The summed E-state index contributed by atoms with van der Waals surface area (Å²) in [5, 5.41) is 3.35. The highest BCUT2D eigenvalue weighted by molar-refractivity contribution is 5.85. The van der Waals surface area contributed by atoms with Gasteiger partial charge >= 0.3 is 6.18 Å². The number of rotatable bonds is 4. The Labute approximate surface area is 165 Å². The summed E-state index contributed by atoms with van der Waals surface area (Å²) in [6.07, 6.45) is 0.341. The topological polar surface area (TPSA) is 24.5 Å². The summed E-state index contributed by atoms with van der Waals surface area (Å²) in [6.45, 7) is 3.69. The van der Waals surface area contributed by atoms with Crippen molar-refractivity contribution in [1.29, 1.82) is 0 Å². The molecule has 0 radical (unpaired) electrons. The van der Waals surface area contributed by atoms with Gasteiger partial charge in [-0.2, -0.15) is 13.2 Å². The second-order valence-corrected chi connectivity index (χ2v) is 6.73. The van der Waals surface area contributed by atoms with E-state index in [1.54, 1.807) is 6.07 Å². The highest BCUT2D eigenvalue weighted by Gasteiger charge is 2.36. The third-order valence-electron chi connectivity index (χ3n) is 5.27. The highest BCUT2D eigenvalue weighted by Crippen LogP contribution is 2.44. The Balaban J connectivity index is 0.00000169. The molecule has 1 aromatic carbocycles. The second kappa shape index (κ2) is 10.0. The Hall–Kier alpha value is -0.690. The van der Waals surface area contributed by atoms with Gasteiger partial charge < -0.3 is 10.1 Å². The van der Waals surface area contributed by atoms with Crippen LogP contribution in [0.5, 0.6) is 5.75 Å². The van der Waals surface area contributed by atoms with Gasteiger partial charge in [-0.05, 0) is 30.9 Å². The number of methoxy groups -OCH3 is 1. The molecule has 1 aliphatic carbocycles. The molecule has 0 unspecified atom stereocenters. The van der Waals surface area contributed by atoms with Gasteiger partial charge in [-0.15, -0.1) is 24.8 Å². The molecule has 1 aromatic rings. The molecule has 0 amide bonds. The summed E-state index contributed by atoms with van der Waals surface area (Å²) in [4.78, 5) is 2.41. The second-order valence-electron chi connectivity index (χ2n) is 6.73. The average Bonchev–Trinajstić information content (AvgIpc) is 3.09. The van der Waals surface area contributed by atoms with Crippen molar-refractivity contribution in [3.05, 3.63) is 29.3 Å². The molecule has 1 aliphatic heterocycles. The van der Waals surface area contributed by atoms with Crippen LogP contribution in [0.15, 0.2) is 18.2 Å². The van der Waals surface area contributed by atoms with Crippen LogP contribution >= 0.6 is 24.8 Å². The first kappa shape index (κ1) is 23.3. The van der Waals surface area contributed by atoms with E-state index in [1.165, 1.54) is 26.0 Å². The van der Waals surface area contributed by atoms with Gasteiger partial charge in [0.2, 0.25) is 0 Å². The Morgan fingerprint density at radius 2 is 1.73 bits per heavy atom. The number of ether oxygens (including phenoxy) is 1. The van der Waals surface area contributed by atoms with Crippen LogP contribution in [0.4, 0.5) is 13.2 Å². The standard InChI is InChI=1S/C18H25F3N2O.2ClH/c1-24-16-12-14(18(19,20)21)6-7-15(16)17(13-4-2-3-5-13)23-10-8-22-9-11-23;;/h6-7,12-13,17,22H,2-5,8-11H2,1H3;2*1H/t17-;;/m0../s1. The van der Waals surface area contributed by atoms with Crippen molar-refractivity contribution in [2.45, 2.75) is 37.9 Å². The van der Waals surface area contributed by atoms with Gasteiger partial charge in [0, 0.05) is 37.8 Å². The number of nitrogens with one attached hydrogen (secondary N) is 1. The van der Waals surface area contributed by atoms with Crippen LogP contribution in [0.25, 0.3) is 0 Å². The van der Waals surface area contributed by atoms with Crippen molar-refractivity contribution < 1.29 is 17.9 Å². The third-order valence-corrected chi connectivity index (χ3v) is 5.27. The van der Waals surface area contributed by atoms with E-state index < -0.39 is 11.7 Å². The minimum Gasteiger partial charge on any atom is -0.496 e. The van der Waals surface area contributed by atoms with E-state index in [2.05, 4.69) is 10.2 Å². The predicted octanol–water partition coefficient (Wildman–Crippen LogP) is 4.69. The first-order chi connectivity index (χ1) is 11.5. The zero-order valence-corrected chi connectivity index (χ0v) is 16.5. The molecule has 150 valence electrons.